The van der Waals surface area contributed by atoms with Crippen molar-refractivity contribution >= 4 is 40.4 Å². The summed E-state index contributed by atoms with van der Waals surface area (Å²) in [5.41, 5.74) is 7.30. The molecule has 18 heavy (non-hydrogen) atoms. The Labute approximate surface area is 121 Å². The fourth-order valence-electron chi connectivity index (χ4n) is 1.63. The van der Waals surface area contributed by atoms with Gasteiger partial charge < -0.3 is 5.73 Å². The lowest BCUT2D eigenvalue weighted by molar-refractivity contribution is -0.688. The topological polar surface area (TPSA) is 29.9 Å². The molecule has 0 aliphatic carbocycles. The van der Waals surface area contributed by atoms with Crippen LogP contribution in [0.1, 0.15) is 11.1 Å². The fraction of sp³-hybridized carbons (Fsp3) is 0.0769. The minimum Gasteiger partial charge on any atom is -0.389 e. The number of aromatic nitrogens is 1. The van der Waals surface area contributed by atoms with Crippen LogP contribution in [0, 0.1) is 0 Å². The number of nitrogens with zero attached hydrogens (tertiary/aromatic N) is 1. The summed E-state index contributed by atoms with van der Waals surface area (Å²) in [6.07, 6.45) is 3.80. The van der Waals surface area contributed by atoms with Crippen LogP contribution in [0.5, 0.6) is 0 Å². The smallest absolute Gasteiger partial charge is 0.179 e. The summed E-state index contributed by atoms with van der Waals surface area (Å²) in [5.74, 6) is 0. The van der Waals surface area contributed by atoms with Gasteiger partial charge in [-0.3, -0.25) is 0 Å². The summed E-state index contributed by atoms with van der Waals surface area (Å²) in [7, 11) is 0. The minimum atomic E-state index is 0.370. The summed E-state index contributed by atoms with van der Waals surface area (Å²) in [6.45, 7) is 0.578. The normalized spacial score (nSPS) is 10.3. The van der Waals surface area contributed by atoms with Crippen LogP contribution in [0.15, 0.2) is 42.7 Å². The first-order chi connectivity index (χ1) is 8.58. The van der Waals surface area contributed by atoms with E-state index >= 15 is 0 Å². The van der Waals surface area contributed by atoms with Gasteiger partial charge in [0.25, 0.3) is 0 Å². The maximum Gasteiger partial charge on any atom is 0.179 e. The molecule has 0 unspecified atom stereocenters. The second-order valence-corrected chi connectivity index (χ2v) is 5.08. The molecular weight excluding hydrogens is 287 g/mol. The molecule has 0 saturated carbocycles. The number of nitrogens with two attached hydrogens (primary N) is 1. The van der Waals surface area contributed by atoms with Crippen molar-refractivity contribution in [3.05, 3.63) is 63.9 Å². The molecular formula is C13H11Cl2N2S+. The van der Waals surface area contributed by atoms with Crippen molar-refractivity contribution in [3.63, 3.8) is 0 Å². The summed E-state index contributed by atoms with van der Waals surface area (Å²) >= 11 is 17.2. The molecule has 2 aromatic rings. The molecule has 2 rings (SSSR count). The lowest BCUT2D eigenvalue weighted by Gasteiger charge is -2.04. The average Bonchev–Trinajstić information content (AvgIpc) is 2.34. The molecule has 2 N–H and O–H groups in total. The number of pyridine rings is 1. The molecule has 0 radical (unpaired) electrons. The maximum atomic E-state index is 6.13. The first-order valence-corrected chi connectivity index (χ1v) is 6.46. The highest BCUT2D eigenvalue weighted by Crippen LogP contribution is 2.23. The van der Waals surface area contributed by atoms with Gasteiger partial charge in [-0.25, -0.2) is 0 Å². The van der Waals surface area contributed by atoms with Gasteiger partial charge in [0.1, 0.15) is 4.99 Å². The van der Waals surface area contributed by atoms with E-state index in [1.54, 1.807) is 0 Å². The molecule has 0 bridgehead atoms. The number of rotatable bonds is 3. The Kier molecular flexibility index (Phi) is 4.17. The van der Waals surface area contributed by atoms with E-state index in [9.17, 15) is 0 Å². The highest BCUT2D eigenvalue weighted by molar-refractivity contribution is 7.80. The van der Waals surface area contributed by atoms with Crippen molar-refractivity contribution in [2.75, 3.05) is 0 Å². The summed E-state index contributed by atoms with van der Waals surface area (Å²) in [5, 5.41) is 1.30. The van der Waals surface area contributed by atoms with E-state index in [1.165, 1.54) is 0 Å². The molecule has 0 amide bonds. The second kappa shape index (κ2) is 5.65. The van der Waals surface area contributed by atoms with Crippen molar-refractivity contribution in [2.24, 2.45) is 5.73 Å². The van der Waals surface area contributed by atoms with Crippen LogP contribution < -0.4 is 10.3 Å². The second-order valence-electron chi connectivity index (χ2n) is 3.83. The predicted octanol–water partition coefficient (Wildman–Crippen LogP) is 2.96. The molecule has 1 aromatic heterocycles. The lowest BCUT2D eigenvalue weighted by Crippen LogP contribution is -2.35. The van der Waals surface area contributed by atoms with Gasteiger partial charge in [0.05, 0.1) is 21.2 Å². The third-order valence-electron chi connectivity index (χ3n) is 2.55. The van der Waals surface area contributed by atoms with Crippen LogP contribution in [0.4, 0.5) is 0 Å². The molecule has 5 heteroatoms. The molecule has 1 aromatic carbocycles. The number of halogens is 2. The van der Waals surface area contributed by atoms with Crippen molar-refractivity contribution in [2.45, 2.75) is 6.54 Å². The average molecular weight is 298 g/mol. The largest absolute Gasteiger partial charge is 0.389 e. The van der Waals surface area contributed by atoms with Crippen LogP contribution in [0.2, 0.25) is 10.0 Å². The number of benzene rings is 1. The molecule has 0 saturated heterocycles. The van der Waals surface area contributed by atoms with E-state index in [0.717, 1.165) is 11.1 Å². The number of thiocarbonyl (C=S) groups is 1. The first kappa shape index (κ1) is 13.3. The van der Waals surface area contributed by atoms with Gasteiger partial charge in [-0.05, 0) is 18.2 Å². The molecule has 0 fully saturated rings. The van der Waals surface area contributed by atoms with E-state index in [0.29, 0.717) is 21.6 Å². The highest BCUT2D eigenvalue weighted by atomic mass is 35.5. The van der Waals surface area contributed by atoms with E-state index < -0.39 is 0 Å². The van der Waals surface area contributed by atoms with Gasteiger partial charge in [-0.1, -0.05) is 41.5 Å². The summed E-state index contributed by atoms with van der Waals surface area (Å²) < 4.78 is 1.95. The van der Waals surface area contributed by atoms with Crippen LogP contribution >= 0.6 is 35.4 Å². The third-order valence-corrected chi connectivity index (χ3v) is 3.49. The zero-order valence-electron chi connectivity index (χ0n) is 9.44. The minimum absolute atomic E-state index is 0.370. The van der Waals surface area contributed by atoms with Crippen LogP contribution in [-0.4, -0.2) is 4.99 Å². The number of hydrogen-bond acceptors (Lipinski definition) is 1. The Hall–Kier alpha value is -1.16. The van der Waals surface area contributed by atoms with Crippen molar-refractivity contribution in [1.29, 1.82) is 0 Å². The van der Waals surface area contributed by atoms with Crippen molar-refractivity contribution in [1.82, 2.24) is 0 Å². The Bertz CT molecular complexity index is 579. The van der Waals surface area contributed by atoms with Crippen molar-refractivity contribution < 1.29 is 4.57 Å². The summed E-state index contributed by atoms with van der Waals surface area (Å²) in [4.78, 5) is 0.370. The standard InChI is InChI=1S/C13H10Cl2N2S/c14-11-4-1-5-12(15)10(11)8-17-6-2-3-9(7-17)13(16)18/h1-7H,8H2,(H-,16,18)/p+1. The maximum absolute atomic E-state index is 6.13. The van der Waals surface area contributed by atoms with Crippen LogP contribution in [0.3, 0.4) is 0 Å². The Morgan fingerprint density at radius 1 is 1.17 bits per heavy atom. The van der Waals surface area contributed by atoms with Gasteiger partial charge in [0.15, 0.2) is 18.9 Å². The van der Waals surface area contributed by atoms with Gasteiger partial charge in [-0.15, -0.1) is 0 Å². The third kappa shape index (κ3) is 2.99. The zero-order chi connectivity index (χ0) is 13.1. The Morgan fingerprint density at radius 3 is 2.44 bits per heavy atom. The van der Waals surface area contributed by atoms with E-state index in [4.69, 9.17) is 41.2 Å². The first-order valence-electron chi connectivity index (χ1n) is 5.29. The van der Waals surface area contributed by atoms with E-state index in [2.05, 4.69) is 0 Å². The predicted molar refractivity (Wildman–Crippen MR) is 78.1 cm³/mol. The Morgan fingerprint density at radius 2 is 1.83 bits per heavy atom. The Balaban J connectivity index is 2.34. The quantitative estimate of drug-likeness (QED) is 0.697. The molecule has 0 atom stereocenters. The molecule has 0 aliphatic rings. The van der Waals surface area contributed by atoms with Gasteiger partial charge >= 0.3 is 0 Å². The zero-order valence-corrected chi connectivity index (χ0v) is 11.8. The fourth-order valence-corrected chi connectivity index (χ4v) is 2.27. The highest BCUT2D eigenvalue weighted by Gasteiger charge is 2.12. The molecule has 0 spiro atoms. The summed E-state index contributed by atoms with van der Waals surface area (Å²) in [6, 6.07) is 9.22. The lowest BCUT2D eigenvalue weighted by atomic mass is 10.2. The van der Waals surface area contributed by atoms with Crippen LogP contribution in [0.25, 0.3) is 0 Å². The van der Waals surface area contributed by atoms with E-state index in [-0.39, 0.29) is 0 Å². The molecule has 2 nitrogen and oxygen atoms in total. The number of hydrogen-bond donors (Lipinski definition) is 1. The monoisotopic (exact) mass is 297 g/mol. The molecule has 1 heterocycles. The van der Waals surface area contributed by atoms with Crippen LogP contribution in [-0.2, 0) is 6.54 Å². The van der Waals surface area contributed by atoms with E-state index in [1.807, 2.05) is 47.3 Å². The molecule has 92 valence electrons. The molecule has 0 aliphatic heterocycles. The van der Waals surface area contributed by atoms with Gasteiger partial charge in [0.2, 0.25) is 0 Å². The SMILES string of the molecule is NC(=S)c1ccc[n+](Cc2c(Cl)cccc2Cl)c1. The van der Waals surface area contributed by atoms with Gasteiger partial charge in [0, 0.05) is 6.07 Å². The van der Waals surface area contributed by atoms with Gasteiger partial charge in [-0.2, -0.15) is 4.57 Å². The van der Waals surface area contributed by atoms with Crippen molar-refractivity contribution in [3.8, 4) is 0 Å².